The van der Waals surface area contributed by atoms with E-state index in [-0.39, 0.29) is 32.0 Å². The number of ketones is 1. The first-order chi connectivity index (χ1) is 7.09. The molecule has 0 aliphatic rings. The molecule has 0 N–H and O–H groups in total. The Balaban J connectivity index is -0.0000000498. The van der Waals surface area contributed by atoms with E-state index in [1.807, 2.05) is 0 Å². The number of carboxylic acid groups (broad SMARTS) is 1. The third-order valence-electron chi connectivity index (χ3n) is 1.18. The van der Waals surface area contributed by atoms with E-state index in [4.69, 9.17) is 15.3 Å². The summed E-state index contributed by atoms with van der Waals surface area (Å²) in [5.41, 5.74) is 0. The monoisotopic (exact) mass is 312 g/mol. The van der Waals surface area contributed by atoms with Crippen molar-refractivity contribution in [3.8, 4) is 0 Å². The fourth-order valence-corrected chi connectivity index (χ4v) is 0.620. The molecule has 0 aromatic rings. The van der Waals surface area contributed by atoms with Gasteiger partial charge in [0, 0.05) is 0 Å². The Morgan fingerprint density at radius 3 is 1.25 bits per heavy atom. The smallest absolute Gasteiger partial charge is 0.857 e. The summed E-state index contributed by atoms with van der Waals surface area (Å²) >= 11 is 0. The first-order valence-electron chi connectivity index (χ1n) is 4.03. The minimum Gasteiger partial charge on any atom is -0.857 e. The molecule has 1 unspecified atom stereocenters. The van der Waals surface area contributed by atoms with Gasteiger partial charge in [0.25, 0.3) is 0 Å². The SMILES string of the molecule is CCC(C(C)=O)C(=O)[O-].C[O-].C[O-].C[O-].[Zr+4]. The van der Waals surface area contributed by atoms with Gasteiger partial charge in [-0.25, -0.2) is 0 Å². The van der Waals surface area contributed by atoms with Crippen LogP contribution in [0.15, 0.2) is 0 Å². The number of hydrogen-bond donors (Lipinski definition) is 0. The summed E-state index contributed by atoms with van der Waals surface area (Å²) in [6.45, 7) is 2.89. The number of aliphatic carboxylic acids is 1. The third kappa shape index (κ3) is 23.6. The predicted octanol–water partition coefficient (Wildman–Crippen LogP) is -3.72. The molecule has 0 bridgehead atoms. The summed E-state index contributed by atoms with van der Waals surface area (Å²) in [5.74, 6) is -2.52. The minimum absolute atomic E-state index is 0. The van der Waals surface area contributed by atoms with Crippen LogP contribution in [0.1, 0.15) is 20.3 Å². The van der Waals surface area contributed by atoms with E-state index < -0.39 is 11.9 Å². The van der Waals surface area contributed by atoms with Crippen molar-refractivity contribution in [1.82, 2.24) is 0 Å². The zero-order chi connectivity index (χ0) is 13.4. The molecule has 0 rings (SSSR count). The Hall–Kier alpha value is -0.0969. The topological polar surface area (TPSA) is 126 Å². The maximum absolute atomic E-state index is 10.4. The van der Waals surface area contributed by atoms with Crippen molar-refractivity contribution in [1.29, 1.82) is 0 Å². The number of rotatable bonds is 3. The van der Waals surface area contributed by atoms with Gasteiger partial charge in [-0.2, -0.15) is 21.3 Å². The molecule has 6 nitrogen and oxygen atoms in total. The molecule has 16 heavy (non-hydrogen) atoms. The molecule has 0 aliphatic heterocycles. The quantitative estimate of drug-likeness (QED) is 0.493. The third-order valence-corrected chi connectivity index (χ3v) is 1.18. The molecule has 94 valence electrons. The van der Waals surface area contributed by atoms with Gasteiger partial charge in [0.15, 0.2) is 0 Å². The average molecular weight is 313 g/mol. The van der Waals surface area contributed by atoms with Gasteiger partial charge < -0.3 is 25.2 Å². The molecule has 0 radical (unpaired) electrons. The Labute approximate surface area is 115 Å². The molecular formula is C9H18O6Zr. The molecule has 7 heteroatoms. The van der Waals surface area contributed by atoms with Gasteiger partial charge in [-0.1, -0.05) is 6.92 Å². The van der Waals surface area contributed by atoms with Crippen LogP contribution in [0, 0.1) is 5.92 Å². The number of hydrogen-bond acceptors (Lipinski definition) is 6. The first kappa shape index (κ1) is 29.7. The Kier molecular flexibility index (Phi) is 54.5. The van der Waals surface area contributed by atoms with E-state index in [1.165, 1.54) is 6.92 Å². The van der Waals surface area contributed by atoms with E-state index in [9.17, 15) is 14.7 Å². The summed E-state index contributed by atoms with van der Waals surface area (Å²) in [6.07, 6.45) is 0.317. The molecule has 0 amide bonds. The minimum atomic E-state index is -1.27. The number of Topliss-reactive ketones (excluding diaryl/α,β-unsaturated/α-hetero) is 1. The van der Waals surface area contributed by atoms with E-state index in [0.29, 0.717) is 6.42 Å². The van der Waals surface area contributed by atoms with Crippen LogP contribution < -0.4 is 20.4 Å². The average Bonchev–Trinajstić information content (AvgIpc) is 2.26. The summed E-state index contributed by atoms with van der Waals surface area (Å²) in [7, 11) is 2.25. The summed E-state index contributed by atoms with van der Waals surface area (Å²) in [5, 5.41) is 34.8. The van der Waals surface area contributed by atoms with Crippen LogP contribution >= 0.6 is 0 Å². The fourth-order valence-electron chi connectivity index (χ4n) is 0.620. The van der Waals surface area contributed by atoms with Crippen LogP contribution in [0.5, 0.6) is 0 Å². The van der Waals surface area contributed by atoms with Crippen molar-refractivity contribution in [3.63, 3.8) is 0 Å². The predicted molar refractivity (Wildman–Crippen MR) is 47.2 cm³/mol. The van der Waals surface area contributed by atoms with Crippen molar-refractivity contribution >= 4 is 11.8 Å². The van der Waals surface area contributed by atoms with Crippen LogP contribution in [-0.4, -0.2) is 33.1 Å². The van der Waals surface area contributed by atoms with E-state index in [0.717, 1.165) is 21.3 Å². The van der Waals surface area contributed by atoms with Gasteiger partial charge >= 0.3 is 26.2 Å². The molecule has 0 fully saturated rings. The van der Waals surface area contributed by atoms with Crippen LogP contribution in [0.2, 0.25) is 0 Å². The molecule has 0 aromatic heterocycles. The second-order valence-corrected chi connectivity index (χ2v) is 1.89. The zero-order valence-corrected chi connectivity index (χ0v) is 12.7. The fraction of sp³-hybridized carbons (Fsp3) is 0.778. The van der Waals surface area contributed by atoms with Crippen molar-refractivity contribution in [2.45, 2.75) is 20.3 Å². The van der Waals surface area contributed by atoms with Crippen molar-refractivity contribution in [2.75, 3.05) is 21.3 Å². The van der Waals surface area contributed by atoms with Crippen molar-refractivity contribution in [3.05, 3.63) is 0 Å². The molecular weight excluding hydrogens is 295 g/mol. The summed E-state index contributed by atoms with van der Waals surface area (Å²) in [4.78, 5) is 20.4. The van der Waals surface area contributed by atoms with E-state index in [2.05, 4.69) is 0 Å². The summed E-state index contributed by atoms with van der Waals surface area (Å²) in [6, 6.07) is 0. The van der Waals surface area contributed by atoms with Gasteiger partial charge in [-0.3, -0.25) is 4.79 Å². The molecule has 0 heterocycles. The second kappa shape index (κ2) is 29.4. The van der Waals surface area contributed by atoms with E-state index >= 15 is 0 Å². The first-order valence-corrected chi connectivity index (χ1v) is 4.03. The Morgan fingerprint density at radius 2 is 1.25 bits per heavy atom. The zero-order valence-electron chi connectivity index (χ0n) is 10.2. The maximum Gasteiger partial charge on any atom is 4.00 e. The summed E-state index contributed by atoms with van der Waals surface area (Å²) < 4.78 is 0. The van der Waals surface area contributed by atoms with Crippen LogP contribution in [0.4, 0.5) is 0 Å². The molecule has 0 aromatic carbocycles. The molecule has 0 saturated carbocycles. The Morgan fingerprint density at radius 1 is 1.00 bits per heavy atom. The molecule has 1 atom stereocenters. The second-order valence-electron chi connectivity index (χ2n) is 1.89. The largest absolute Gasteiger partial charge is 4.00 e. The standard InChI is InChI=1S/C6H10O3.3CH3O.Zr/c1-3-5(4(2)7)6(8)9;3*1-2;/h5H,3H2,1-2H3,(H,8,9);3*1H3;/q;3*-1;+4/p-1. The molecule has 0 aliphatic carbocycles. The number of carbonyl (C=O) groups is 2. The number of carbonyl (C=O) groups excluding carboxylic acids is 2. The van der Waals surface area contributed by atoms with Crippen molar-refractivity contribution in [2.24, 2.45) is 5.92 Å². The van der Waals surface area contributed by atoms with Crippen LogP contribution in [0.25, 0.3) is 0 Å². The Bertz CT molecular complexity index is 126. The van der Waals surface area contributed by atoms with Crippen LogP contribution in [-0.2, 0) is 35.8 Å². The molecule has 0 spiro atoms. The van der Waals surface area contributed by atoms with Gasteiger partial charge in [0.1, 0.15) is 5.78 Å². The van der Waals surface area contributed by atoms with Gasteiger partial charge in [0.2, 0.25) is 0 Å². The van der Waals surface area contributed by atoms with Crippen molar-refractivity contribution < 1.29 is 56.2 Å². The van der Waals surface area contributed by atoms with Crippen LogP contribution in [0.3, 0.4) is 0 Å². The van der Waals surface area contributed by atoms with Gasteiger partial charge in [0.05, 0.1) is 11.9 Å². The molecule has 0 saturated heterocycles. The van der Waals surface area contributed by atoms with Gasteiger partial charge in [-0.15, -0.1) is 0 Å². The van der Waals surface area contributed by atoms with Gasteiger partial charge in [-0.05, 0) is 13.3 Å². The normalized spacial score (nSPS) is 8.25. The number of carboxylic acids is 1. The van der Waals surface area contributed by atoms with E-state index in [1.54, 1.807) is 6.92 Å². The maximum atomic E-state index is 10.4.